The largest absolute Gasteiger partial charge is 0.354 e. The molecule has 2 amide bonds. The van der Waals surface area contributed by atoms with Crippen LogP contribution < -0.4 is 10.2 Å². The van der Waals surface area contributed by atoms with E-state index in [0.717, 1.165) is 11.3 Å². The fourth-order valence-corrected chi connectivity index (χ4v) is 4.28. The summed E-state index contributed by atoms with van der Waals surface area (Å²) in [7, 11) is -3.69. The zero-order valence-corrected chi connectivity index (χ0v) is 13.0. The lowest BCUT2D eigenvalue weighted by Crippen LogP contribution is -2.49. The van der Waals surface area contributed by atoms with E-state index in [9.17, 15) is 18.0 Å². The lowest BCUT2D eigenvalue weighted by molar-refractivity contribution is -0.122. The molecule has 3 rings (SSSR count). The van der Waals surface area contributed by atoms with Crippen molar-refractivity contribution < 1.29 is 18.0 Å². The van der Waals surface area contributed by atoms with Crippen molar-refractivity contribution in [3.8, 4) is 0 Å². The number of anilines is 1. The van der Waals surface area contributed by atoms with Crippen LogP contribution >= 0.6 is 0 Å². The van der Waals surface area contributed by atoms with Crippen LogP contribution in [0, 0.1) is 0 Å². The molecule has 2 aliphatic heterocycles. The Morgan fingerprint density at radius 2 is 2.05 bits per heavy atom. The van der Waals surface area contributed by atoms with Gasteiger partial charge in [-0.25, -0.2) is 8.42 Å². The molecule has 8 heteroatoms. The second-order valence-corrected chi connectivity index (χ2v) is 7.34. The molecule has 118 valence electrons. The van der Waals surface area contributed by atoms with Gasteiger partial charge >= 0.3 is 0 Å². The zero-order valence-electron chi connectivity index (χ0n) is 12.2. The smallest absolute Gasteiger partial charge is 0.243 e. The minimum absolute atomic E-state index is 0.0536. The standard InChI is InChI=1S/C14H17N3O4S/c1-10(18)17-6-4-11-8-12(2-3-13(11)17)22(20,21)16-7-5-15-14(19)9-16/h2-3,8H,4-7,9H2,1H3,(H,15,19). The Kier molecular flexibility index (Phi) is 3.65. The predicted molar refractivity (Wildman–Crippen MR) is 79.9 cm³/mol. The monoisotopic (exact) mass is 323 g/mol. The summed E-state index contributed by atoms with van der Waals surface area (Å²) in [6, 6.07) is 4.78. The Hall–Kier alpha value is -1.93. The topological polar surface area (TPSA) is 86.8 Å². The molecule has 0 aromatic heterocycles. The van der Waals surface area contributed by atoms with Gasteiger partial charge in [-0.3, -0.25) is 9.59 Å². The van der Waals surface area contributed by atoms with E-state index in [-0.39, 0.29) is 29.8 Å². The van der Waals surface area contributed by atoms with Crippen LogP contribution in [-0.4, -0.2) is 50.7 Å². The summed E-state index contributed by atoms with van der Waals surface area (Å²) < 4.78 is 26.4. The fraction of sp³-hybridized carbons (Fsp3) is 0.429. The van der Waals surface area contributed by atoms with E-state index >= 15 is 0 Å². The third kappa shape index (κ3) is 2.48. The van der Waals surface area contributed by atoms with Gasteiger partial charge in [0.15, 0.2) is 0 Å². The maximum Gasteiger partial charge on any atom is 0.243 e. The molecule has 0 bridgehead atoms. The summed E-state index contributed by atoms with van der Waals surface area (Å²) in [5.74, 6) is -0.346. The minimum atomic E-state index is -3.69. The third-order valence-electron chi connectivity index (χ3n) is 3.97. The van der Waals surface area contributed by atoms with Gasteiger partial charge in [0.25, 0.3) is 0 Å². The van der Waals surface area contributed by atoms with Gasteiger partial charge in [-0.1, -0.05) is 0 Å². The third-order valence-corrected chi connectivity index (χ3v) is 5.81. The number of amides is 2. The molecule has 0 aliphatic carbocycles. The quantitative estimate of drug-likeness (QED) is 0.811. The number of hydrogen-bond donors (Lipinski definition) is 1. The number of nitrogens with one attached hydrogen (secondary N) is 1. The van der Waals surface area contributed by atoms with Crippen molar-refractivity contribution in [1.29, 1.82) is 0 Å². The molecule has 2 aliphatic rings. The highest BCUT2D eigenvalue weighted by Crippen LogP contribution is 2.31. The average molecular weight is 323 g/mol. The molecule has 0 spiro atoms. The van der Waals surface area contributed by atoms with Gasteiger partial charge in [-0.2, -0.15) is 4.31 Å². The number of hydrogen-bond acceptors (Lipinski definition) is 4. The van der Waals surface area contributed by atoms with Gasteiger partial charge in [-0.15, -0.1) is 0 Å². The molecule has 0 saturated carbocycles. The van der Waals surface area contributed by atoms with Gasteiger partial charge in [0.1, 0.15) is 0 Å². The number of carbonyl (C=O) groups is 2. The summed E-state index contributed by atoms with van der Waals surface area (Å²) >= 11 is 0. The normalized spacial score (nSPS) is 19.0. The van der Waals surface area contributed by atoms with Gasteiger partial charge in [-0.05, 0) is 30.2 Å². The van der Waals surface area contributed by atoms with Crippen LogP contribution in [0.1, 0.15) is 12.5 Å². The van der Waals surface area contributed by atoms with E-state index in [4.69, 9.17) is 0 Å². The van der Waals surface area contributed by atoms with Crippen molar-refractivity contribution in [2.75, 3.05) is 31.1 Å². The molecule has 1 aromatic rings. The Morgan fingerprint density at radius 3 is 2.73 bits per heavy atom. The lowest BCUT2D eigenvalue weighted by atomic mass is 10.2. The van der Waals surface area contributed by atoms with Crippen molar-refractivity contribution in [2.45, 2.75) is 18.2 Å². The van der Waals surface area contributed by atoms with E-state index in [1.54, 1.807) is 17.0 Å². The van der Waals surface area contributed by atoms with Crippen molar-refractivity contribution in [1.82, 2.24) is 9.62 Å². The molecule has 0 unspecified atom stereocenters. The summed E-state index contributed by atoms with van der Waals surface area (Å²) in [6.45, 7) is 2.50. The predicted octanol–water partition coefficient (Wildman–Crippen LogP) is -0.284. The van der Waals surface area contributed by atoms with Gasteiger partial charge < -0.3 is 10.2 Å². The Morgan fingerprint density at radius 1 is 1.27 bits per heavy atom. The molecule has 0 atom stereocenters. The first-order chi connectivity index (χ1) is 10.4. The van der Waals surface area contributed by atoms with Gasteiger partial charge in [0, 0.05) is 32.2 Å². The molecular formula is C14H17N3O4S. The second kappa shape index (κ2) is 5.36. The van der Waals surface area contributed by atoms with Gasteiger partial charge in [0.05, 0.1) is 11.4 Å². The van der Waals surface area contributed by atoms with E-state index < -0.39 is 10.0 Å². The minimum Gasteiger partial charge on any atom is -0.354 e. The molecule has 7 nitrogen and oxygen atoms in total. The van der Waals surface area contributed by atoms with Crippen LogP contribution in [0.3, 0.4) is 0 Å². The molecule has 2 heterocycles. The highest BCUT2D eigenvalue weighted by Gasteiger charge is 2.31. The number of rotatable bonds is 2. The summed E-state index contributed by atoms with van der Waals surface area (Å²) in [4.78, 5) is 24.7. The first-order valence-electron chi connectivity index (χ1n) is 7.07. The number of carbonyl (C=O) groups excluding carboxylic acids is 2. The van der Waals surface area contributed by atoms with Crippen LogP contribution in [-0.2, 0) is 26.0 Å². The lowest BCUT2D eigenvalue weighted by Gasteiger charge is -2.26. The second-order valence-electron chi connectivity index (χ2n) is 5.40. The van der Waals surface area contributed by atoms with Crippen molar-refractivity contribution in [3.05, 3.63) is 23.8 Å². The van der Waals surface area contributed by atoms with Crippen molar-refractivity contribution >= 4 is 27.5 Å². The number of sulfonamides is 1. The molecular weight excluding hydrogens is 306 g/mol. The first-order valence-corrected chi connectivity index (χ1v) is 8.51. The summed E-state index contributed by atoms with van der Waals surface area (Å²) in [5.41, 5.74) is 1.61. The van der Waals surface area contributed by atoms with E-state index in [1.165, 1.54) is 17.3 Å². The highest BCUT2D eigenvalue weighted by atomic mass is 32.2. The van der Waals surface area contributed by atoms with Crippen LogP contribution in [0.15, 0.2) is 23.1 Å². The summed E-state index contributed by atoms with van der Waals surface area (Å²) in [6.07, 6.45) is 0.638. The first kappa shape index (κ1) is 15.0. The van der Waals surface area contributed by atoms with Crippen LogP contribution in [0.5, 0.6) is 0 Å². The molecule has 1 N–H and O–H groups in total. The van der Waals surface area contributed by atoms with E-state index in [0.29, 0.717) is 19.5 Å². The van der Waals surface area contributed by atoms with Crippen molar-refractivity contribution in [3.63, 3.8) is 0 Å². The molecule has 1 fully saturated rings. The maximum absolute atomic E-state index is 12.6. The van der Waals surface area contributed by atoms with Crippen LogP contribution in [0.25, 0.3) is 0 Å². The number of nitrogens with zero attached hydrogens (tertiary/aromatic N) is 2. The Balaban J connectivity index is 1.93. The van der Waals surface area contributed by atoms with Crippen molar-refractivity contribution in [2.24, 2.45) is 0 Å². The van der Waals surface area contributed by atoms with E-state index in [1.807, 2.05) is 0 Å². The van der Waals surface area contributed by atoms with Crippen LogP contribution in [0.4, 0.5) is 5.69 Å². The maximum atomic E-state index is 12.6. The molecule has 1 aromatic carbocycles. The molecule has 1 saturated heterocycles. The number of fused-ring (bicyclic) bond motifs is 1. The van der Waals surface area contributed by atoms with Gasteiger partial charge in [0.2, 0.25) is 21.8 Å². The van der Waals surface area contributed by atoms with Crippen LogP contribution in [0.2, 0.25) is 0 Å². The SMILES string of the molecule is CC(=O)N1CCc2cc(S(=O)(=O)N3CCNC(=O)C3)ccc21. The zero-order chi connectivity index (χ0) is 15.9. The highest BCUT2D eigenvalue weighted by molar-refractivity contribution is 7.89. The molecule has 22 heavy (non-hydrogen) atoms. The Labute approximate surface area is 128 Å². The average Bonchev–Trinajstić information content (AvgIpc) is 2.90. The summed E-state index contributed by atoms with van der Waals surface area (Å²) in [5, 5.41) is 2.61. The van der Waals surface area contributed by atoms with E-state index in [2.05, 4.69) is 5.32 Å². The number of piperazine rings is 1. The Bertz CT molecular complexity index is 744. The fourth-order valence-electron chi connectivity index (χ4n) is 2.84. The molecule has 0 radical (unpaired) electrons. The number of benzene rings is 1.